The molecule has 0 radical (unpaired) electrons. The summed E-state index contributed by atoms with van der Waals surface area (Å²) in [6.07, 6.45) is 5.09. The first-order chi connectivity index (χ1) is 13.6. The maximum Gasteiger partial charge on any atom is 0.257 e. The molecule has 0 aliphatic rings. The lowest BCUT2D eigenvalue weighted by Crippen LogP contribution is -2.31. The summed E-state index contributed by atoms with van der Waals surface area (Å²) in [7, 11) is 0. The largest absolute Gasteiger partial charge is 0.467 e. The Bertz CT molecular complexity index is 1040. The number of aromatic nitrogens is 3. The average molecular weight is 397 g/mol. The third kappa shape index (κ3) is 3.44. The molecule has 1 N–H and O–H groups in total. The minimum Gasteiger partial charge on any atom is -0.467 e. The summed E-state index contributed by atoms with van der Waals surface area (Å²) in [6, 6.07) is 12.4. The highest BCUT2D eigenvalue weighted by Gasteiger charge is 2.25. The average Bonchev–Trinajstić information content (AvgIpc) is 3.44. The zero-order valence-corrected chi connectivity index (χ0v) is 15.8. The molecular weight excluding hydrogens is 380 g/mol. The quantitative estimate of drug-likeness (QED) is 0.530. The highest BCUT2D eigenvalue weighted by Crippen LogP contribution is 2.31. The summed E-state index contributed by atoms with van der Waals surface area (Å²) in [5, 5.41) is 11.7. The molecule has 4 aromatic rings. The van der Waals surface area contributed by atoms with Crippen molar-refractivity contribution in [2.24, 2.45) is 0 Å². The van der Waals surface area contributed by atoms with Crippen molar-refractivity contribution in [1.29, 1.82) is 0 Å². The van der Waals surface area contributed by atoms with Gasteiger partial charge in [-0.1, -0.05) is 35.0 Å². The Balaban J connectivity index is 1.59. The van der Waals surface area contributed by atoms with Crippen LogP contribution in [-0.2, 0) is 0 Å². The number of aryl methyl sites for hydroxylation is 1. The molecule has 0 spiro atoms. The summed E-state index contributed by atoms with van der Waals surface area (Å²) in [4.78, 5) is 13.0. The molecule has 0 saturated heterocycles. The van der Waals surface area contributed by atoms with E-state index in [0.29, 0.717) is 33.4 Å². The third-order valence-electron chi connectivity index (χ3n) is 4.39. The van der Waals surface area contributed by atoms with Crippen LogP contribution in [0.2, 0.25) is 5.02 Å². The summed E-state index contributed by atoms with van der Waals surface area (Å²) in [6.45, 7) is 1.97. The number of nitrogens with one attached hydrogen (secondary N) is 1. The predicted molar refractivity (Wildman–Crippen MR) is 103 cm³/mol. The SMILES string of the molecule is Cc1onc(-c2ccccc2Cl)c1C(=O)NC[C@@H](c1ccco1)n1cccn1. The zero-order chi connectivity index (χ0) is 19.5. The van der Waals surface area contributed by atoms with Crippen molar-refractivity contribution >= 4 is 17.5 Å². The summed E-state index contributed by atoms with van der Waals surface area (Å²) >= 11 is 6.27. The van der Waals surface area contributed by atoms with E-state index in [9.17, 15) is 4.79 Å². The Labute approximate surface area is 165 Å². The highest BCUT2D eigenvalue weighted by atomic mass is 35.5. The van der Waals surface area contributed by atoms with E-state index < -0.39 is 0 Å². The van der Waals surface area contributed by atoms with Gasteiger partial charge in [0.1, 0.15) is 28.8 Å². The van der Waals surface area contributed by atoms with Crippen molar-refractivity contribution in [3.05, 3.63) is 83.2 Å². The molecule has 0 saturated carbocycles. The van der Waals surface area contributed by atoms with Crippen molar-refractivity contribution < 1.29 is 13.7 Å². The van der Waals surface area contributed by atoms with Crippen LogP contribution < -0.4 is 5.32 Å². The highest BCUT2D eigenvalue weighted by molar-refractivity contribution is 6.33. The second kappa shape index (κ2) is 7.74. The number of hydrogen-bond donors (Lipinski definition) is 1. The van der Waals surface area contributed by atoms with Gasteiger partial charge in [-0.15, -0.1) is 0 Å². The normalized spacial score (nSPS) is 12.1. The molecule has 4 rings (SSSR count). The van der Waals surface area contributed by atoms with Crippen LogP contribution in [0.4, 0.5) is 0 Å². The molecular formula is C20H17ClN4O3. The Kier molecular flexibility index (Phi) is 4.99. The van der Waals surface area contributed by atoms with Gasteiger partial charge in [-0.05, 0) is 31.2 Å². The Morgan fingerprint density at radius 2 is 2.11 bits per heavy atom. The molecule has 1 aromatic carbocycles. The molecule has 3 aromatic heterocycles. The lowest BCUT2D eigenvalue weighted by Gasteiger charge is -2.16. The van der Waals surface area contributed by atoms with Gasteiger partial charge in [-0.25, -0.2) is 0 Å². The summed E-state index contributed by atoms with van der Waals surface area (Å²) < 4.78 is 12.5. The number of hydrogen-bond acceptors (Lipinski definition) is 5. The van der Waals surface area contributed by atoms with E-state index in [4.69, 9.17) is 20.5 Å². The molecule has 8 heteroatoms. The van der Waals surface area contributed by atoms with Crippen LogP contribution in [0.15, 0.2) is 70.1 Å². The molecule has 0 fully saturated rings. The Morgan fingerprint density at radius 3 is 2.82 bits per heavy atom. The van der Waals surface area contributed by atoms with Gasteiger partial charge in [-0.3, -0.25) is 9.48 Å². The molecule has 0 bridgehead atoms. The van der Waals surface area contributed by atoms with Crippen molar-refractivity contribution in [3.63, 3.8) is 0 Å². The van der Waals surface area contributed by atoms with Crippen LogP contribution in [0.3, 0.4) is 0 Å². The number of amides is 1. The van der Waals surface area contributed by atoms with Gasteiger partial charge in [0.15, 0.2) is 0 Å². The van der Waals surface area contributed by atoms with Gasteiger partial charge in [0.05, 0.1) is 11.3 Å². The number of halogens is 1. The van der Waals surface area contributed by atoms with E-state index in [2.05, 4.69) is 15.6 Å². The van der Waals surface area contributed by atoms with Gasteiger partial charge in [0.2, 0.25) is 0 Å². The first-order valence-corrected chi connectivity index (χ1v) is 9.05. The molecule has 1 atom stereocenters. The van der Waals surface area contributed by atoms with Crippen LogP contribution in [0, 0.1) is 6.92 Å². The molecule has 142 valence electrons. The fourth-order valence-corrected chi connectivity index (χ4v) is 3.25. The van der Waals surface area contributed by atoms with E-state index >= 15 is 0 Å². The second-order valence-electron chi connectivity index (χ2n) is 6.17. The smallest absolute Gasteiger partial charge is 0.257 e. The van der Waals surface area contributed by atoms with Crippen LogP contribution in [-0.4, -0.2) is 27.4 Å². The topological polar surface area (TPSA) is 86.1 Å². The van der Waals surface area contributed by atoms with Crippen LogP contribution >= 0.6 is 11.6 Å². The standard InChI is InChI=1S/C20H17ClN4O3/c1-13-18(19(24-28-13)14-6-2-3-7-15(14)21)20(26)22-12-16(17-8-4-11-27-17)25-10-5-9-23-25/h2-11,16H,12H2,1H3,(H,22,26)/t16-/m0/s1. The molecule has 0 aliphatic carbocycles. The molecule has 0 aliphatic heterocycles. The number of carbonyl (C=O) groups excluding carboxylic acids is 1. The first-order valence-electron chi connectivity index (χ1n) is 8.67. The Morgan fingerprint density at radius 1 is 1.25 bits per heavy atom. The molecule has 28 heavy (non-hydrogen) atoms. The molecule has 7 nitrogen and oxygen atoms in total. The number of carbonyl (C=O) groups is 1. The van der Waals surface area contributed by atoms with Crippen LogP contribution in [0.5, 0.6) is 0 Å². The minimum atomic E-state index is -0.308. The number of furan rings is 1. The first kappa shape index (κ1) is 18.1. The molecule has 1 amide bonds. The maximum atomic E-state index is 13.0. The van der Waals surface area contributed by atoms with E-state index in [1.54, 1.807) is 42.3 Å². The monoisotopic (exact) mass is 396 g/mol. The molecule has 0 unspecified atom stereocenters. The maximum absolute atomic E-state index is 13.0. The van der Waals surface area contributed by atoms with Crippen LogP contribution in [0.25, 0.3) is 11.3 Å². The number of rotatable bonds is 6. The van der Waals surface area contributed by atoms with Crippen LogP contribution in [0.1, 0.15) is 27.9 Å². The lowest BCUT2D eigenvalue weighted by atomic mass is 10.1. The molecule has 3 heterocycles. The number of benzene rings is 1. The van der Waals surface area contributed by atoms with E-state index in [1.165, 1.54) is 0 Å². The van der Waals surface area contributed by atoms with Gasteiger partial charge < -0.3 is 14.3 Å². The van der Waals surface area contributed by atoms with Crippen molar-refractivity contribution in [1.82, 2.24) is 20.3 Å². The summed E-state index contributed by atoms with van der Waals surface area (Å²) in [5.74, 6) is 0.802. The zero-order valence-electron chi connectivity index (χ0n) is 15.0. The van der Waals surface area contributed by atoms with E-state index in [-0.39, 0.29) is 18.5 Å². The minimum absolute atomic E-state index is 0.278. The van der Waals surface area contributed by atoms with E-state index in [1.807, 2.05) is 30.5 Å². The number of nitrogens with zero attached hydrogens (tertiary/aromatic N) is 3. The van der Waals surface area contributed by atoms with E-state index in [0.717, 1.165) is 0 Å². The third-order valence-corrected chi connectivity index (χ3v) is 4.72. The second-order valence-corrected chi connectivity index (χ2v) is 6.58. The fraction of sp³-hybridized carbons (Fsp3) is 0.150. The van der Waals surface area contributed by atoms with Gasteiger partial charge in [0.25, 0.3) is 5.91 Å². The van der Waals surface area contributed by atoms with Crippen molar-refractivity contribution in [3.8, 4) is 11.3 Å². The van der Waals surface area contributed by atoms with Gasteiger partial charge >= 0.3 is 0 Å². The Hall–Kier alpha value is -3.32. The predicted octanol–water partition coefficient (Wildman–Crippen LogP) is 4.11. The lowest BCUT2D eigenvalue weighted by molar-refractivity contribution is 0.0947. The van der Waals surface area contributed by atoms with Crippen molar-refractivity contribution in [2.45, 2.75) is 13.0 Å². The summed E-state index contributed by atoms with van der Waals surface area (Å²) in [5.41, 5.74) is 1.40. The van der Waals surface area contributed by atoms with Crippen molar-refractivity contribution in [2.75, 3.05) is 6.54 Å². The van der Waals surface area contributed by atoms with Gasteiger partial charge in [-0.2, -0.15) is 5.10 Å². The fourth-order valence-electron chi connectivity index (χ4n) is 3.02. The van der Waals surface area contributed by atoms with Gasteiger partial charge in [0, 0.05) is 24.5 Å².